The maximum absolute atomic E-state index is 12.5. The molecule has 1 atom stereocenters. The molecule has 0 aliphatic carbocycles. The van der Waals surface area contributed by atoms with E-state index in [1.807, 2.05) is 67.8 Å². The van der Waals surface area contributed by atoms with Gasteiger partial charge < -0.3 is 14.8 Å². The van der Waals surface area contributed by atoms with Crippen molar-refractivity contribution in [2.24, 2.45) is 0 Å². The number of nitrogens with zero attached hydrogens (tertiary/aromatic N) is 3. The molecule has 1 aromatic heterocycles. The fourth-order valence-electron chi connectivity index (χ4n) is 3.19. The predicted molar refractivity (Wildman–Crippen MR) is 128 cm³/mol. The van der Waals surface area contributed by atoms with Crippen LogP contribution in [0.5, 0.6) is 11.5 Å². The van der Waals surface area contributed by atoms with Crippen molar-refractivity contribution in [1.29, 1.82) is 0 Å². The first-order valence-electron chi connectivity index (χ1n) is 10.3. The molecule has 8 heteroatoms. The van der Waals surface area contributed by atoms with Crippen molar-refractivity contribution in [3.05, 3.63) is 72.1 Å². The Kier molecular flexibility index (Phi) is 7.94. The molecule has 168 valence electrons. The van der Waals surface area contributed by atoms with Crippen LogP contribution in [-0.2, 0) is 11.3 Å². The first-order valence-corrected chi connectivity index (χ1v) is 11.2. The van der Waals surface area contributed by atoms with Crippen molar-refractivity contribution in [3.63, 3.8) is 0 Å². The lowest BCUT2D eigenvalue weighted by Crippen LogP contribution is -2.16. The van der Waals surface area contributed by atoms with Crippen molar-refractivity contribution in [2.45, 2.75) is 38.6 Å². The highest BCUT2D eigenvalue weighted by Crippen LogP contribution is 2.26. The number of amides is 1. The molecule has 0 spiro atoms. The average Bonchev–Trinajstić information content (AvgIpc) is 3.18. The Labute approximate surface area is 192 Å². The second-order valence-electron chi connectivity index (χ2n) is 7.33. The minimum absolute atomic E-state index is 0.0980. The standard InChI is InChI=1S/C24H28N4O3S/c1-6-13-28-23(18(4)31-20-10-8-19(30-5)9-11-20)26-27-24(28)32-15-22(29)25-21-12-7-16(2)14-17(21)3/h6-12,14,18H,1,13,15H2,2-5H3,(H,25,29). The molecular formula is C24H28N4O3S. The number of aromatic nitrogens is 3. The quantitative estimate of drug-likeness (QED) is 0.346. The highest BCUT2D eigenvalue weighted by atomic mass is 32.2. The van der Waals surface area contributed by atoms with Gasteiger partial charge in [0.1, 0.15) is 11.5 Å². The zero-order valence-corrected chi connectivity index (χ0v) is 19.6. The van der Waals surface area contributed by atoms with Gasteiger partial charge in [-0.1, -0.05) is 35.5 Å². The van der Waals surface area contributed by atoms with Crippen LogP contribution >= 0.6 is 11.8 Å². The lowest BCUT2D eigenvalue weighted by Gasteiger charge is -2.16. The van der Waals surface area contributed by atoms with Gasteiger partial charge in [0, 0.05) is 12.2 Å². The van der Waals surface area contributed by atoms with Gasteiger partial charge in [-0.2, -0.15) is 0 Å². The van der Waals surface area contributed by atoms with Crippen LogP contribution in [0.1, 0.15) is 30.0 Å². The maximum atomic E-state index is 12.5. The Morgan fingerprint density at radius 1 is 1.19 bits per heavy atom. The summed E-state index contributed by atoms with van der Waals surface area (Å²) in [4.78, 5) is 12.5. The number of benzene rings is 2. The molecule has 0 aliphatic heterocycles. The van der Waals surface area contributed by atoms with Crippen LogP contribution < -0.4 is 14.8 Å². The van der Waals surface area contributed by atoms with Gasteiger partial charge in [-0.3, -0.25) is 9.36 Å². The van der Waals surface area contributed by atoms with E-state index in [9.17, 15) is 4.79 Å². The number of hydrogen-bond acceptors (Lipinski definition) is 6. The van der Waals surface area contributed by atoms with Gasteiger partial charge >= 0.3 is 0 Å². The molecule has 1 heterocycles. The SMILES string of the molecule is C=CCn1c(SCC(=O)Nc2ccc(C)cc2C)nnc1C(C)Oc1ccc(OC)cc1. The van der Waals surface area contributed by atoms with Gasteiger partial charge in [-0.15, -0.1) is 16.8 Å². The summed E-state index contributed by atoms with van der Waals surface area (Å²) in [5, 5.41) is 12.2. The third-order valence-electron chi connectivity index (χ3n) is 4.78. The van der Waals surface area contributed by atoms with Crippen LogP contribution in [0.3, 0.4) is 0 Å². The summed E-state index contributed by atoms with van der Waals surface area (Å²) < 4.78 is 13.1. The fraction of sp³-hybridized carbons (Fsp3) is 0.292. The number of thioether (sulfide) groups is 1. The number of rotatable bonds is 10. The van der Waals surface area contributed by atoms with Gasteiger partial charge in [-0.25, -0.2) is 0 Å². The third-order valence-corrected chi connectivity index (χ3v) is 5.75. The Bertz CT molecular complexity index is 1080. The van der Waals surface area contributed by atoms with E-state index in [-0.39, 0.29) is 17.8 Å². The molecule has 3 aromatic rings. The van der Waals surface area contributed by atoms with E-state index in [0.29, 0.717) is 23.3 Å². The molecule has 0 radical (unpaired) electrons. The summed E-state index contributed by atoms with van der Waals surface area (Å²) in [6.45, 7) is 10.3. The summed E-state index contributed by atoms with van der Waals surface area (Å²) in [5.41, 5.74) is 3.01. The molecule has 3 rings (SSSR count). The summed E-state index contributed by atoms with van der Waals surface area (Å²) in [6.07, 6.45) is 1.43. The topological polar surface area (TPSA) is 78.3 Å². The molecule has 2 aromatic carbocycles. The number of allylic oxidation sites excluding steroid dienone is 1. The first kappa shape index (κ1) is 23.4. The summed E-state index contributed by atoms with van der Waals surface area (Å²) in [5.74, 6) is 2.25. The molecule has 1 N–H and O–H groups in total. The van der Waals surface area contributed by atoms with Crippen molar-refractivity contribution in [2.75, 3.05) is 18.2 Å². The number of methoxy groups -OCH3 is 1. The zero-order valence-electron chi connectivity index (χ0n) is 18.8. The lowest BCUT2D eigenvalue weighted by molar-refractivity contribution is -0.113. The van der Waals surface area contributed by atoms with E-state index in [4.69, 9.17) is 9.47 Å². The largest absolute Gasteiger partial charge is 0.497 e. The number of hydrogen-bond donors (Lipinski definition) is 1. The molecule has 0 fully saturated rings. The minimum Gasteiger partial charge on any atom is -0.497 e. The Morgan fingerprint density at radius 3 is 2.56 bits per heavy atom. The molecular weight excluding hydrogens is 424 g/mol. The van der Waals surface area contributed by atoms with Gasteiger partial charge in [0.25, 0.3) is 0 Å². The van der Waals surface area contributed by atoms with Crippen LogP contribution in [0.25, 0.3) is 0 Å². The molecule has 7 nitrogen and oxygen atoms in total. The maximum Gasteiger partial charge on any atom is 0.234 e. The molecule has 32 heavy (non-hydrogen) atoms. The van der Waals surface area contributed by atoms with Crippen molar-refractivity contribution in [1.82, 2.24) is 14.8 Å². The number of anilines is 1. The van der Waals surface area contributed by atoms with Gasteiger partial charge in [0.2, 0.25) is 5.91 Å². The van der Waals surface area contributed by atoms with Gasteiger partial charge in [-0.05, 0) is 56.7 Å². The van der Waals surface area contributed by atoms with Crippen LogP contribution in [-0.4, -0.2) is 33.5 Å². The van der Waals surface area contributed by atoms with E-state index in [2.05, 4.69) is 22.1 Å². The minimum atomic E-state index is -0.339. The highest BCUT2D eigenvalue weighted by molar-refractivity contribution is 7.99. The summed E-state index contributed by atoms with van der Waals surface area (Å²) >= 11 is 1.33. The van der Waals surface area contributed by atoms with E-state index in [1.54, 1.807) is 13.2 Å². The lowest BCUT2D eigenvalue weighted by atomic mass is 10.1. The fourth-order valence-corrected chi connectivity index (χ4v) is 3.94. The zero-order chi connectivity index (χ0) is 23.1. The van der Waals surface area contributed by atoms with Crippen LogP contribution in [0.15, 0.2) is 60.3 Å². The summed E-state index contributed by atoms with van der Waals surface area (Å²) in [6, 6.07) is 13.3. The molecule has 1 amide bonds. The first-order chi connectivity index (χ1) is 15.4. The Morgan fingerprint density at radius 2 is 1.91 bits per heavy atom. The normalized spacial score (nSPS) is 11.6. The van der Waals surface area contributed by atoms with Crippen molar-refractivity contribution >= 4 is 23.4 Å². The smallest absolute Gasteiger partial charge is 0.234 e. The van der Waals surface area contributed by atoms with Crippen LogP contribution in [0, 0.1) is 13.8 Å². The van der Waals surface area contributed by atoms with Gasteiger partial charge in [0.15, 0.2) is 17.1 Å². The van der Waals surface area contributed by atoms with Crippen LogP contribution in [0.2, 0.25) is 0 Å². The number of nitrogens with one attached hydrogen (secondary N) is 1. The van der Waals surface area contributed by atoms with E-state index in [0.717, 1.165) is 22.6 Å². The molecule has 0 saturated carbocycles. The predicted octanol–water partition coefficient (Wildman–Crippen LogP) is 4.96. The van der Waals surface area contributed by atoms with Crippen molar-refractivity contribution < 1.29 is 14.3 Å². The van der Waals surface area contributed by atoms with Crippen LogP contribution in [0.4, 0.5) is 5.69 Å². The second-order valence-corrected chi connectivity index (χ2v) is 8.27. The molecule has 0 saturated heterocycles. The average molecular weight is 453 g/mol. The number of ether oxygens (including phenoxy) is 2. The van der Waals surface area contributed by atoms with E-state index in [1.165, 1.54) is 11.8 Å². The Balaban J connectivity index is 1.66. The molecule has 0 aliphatic rings. The second kappa shape index (κ2) is 10.9. The number of carbonyl (C=O) groups is 1. The molecule has 0 bridgehead atoms. The molecule has 1 unspecified atom stereocenters. The monoisotopic (exact) mass is 452 g/mol. The Hall–Kier alpha value is -3.26. The summed E-state index contributed by atoms with van der Waals surface area (Å²) in [7, 11) is 1.62. The van der Waals surface area contributed by atoms with Gasteiger partial charge in [0.05, 0.1) is 12.9 Å². The van der Waals surface area contributed by atoms with Crippen molar-refractivity contribution in [3.8, 4) is 11.5 Å². The van der Waals surface area contributed by atoms with E-state index >= 15 is 0 Å². The highest BCUT2D eigenvalue weighted by Gasteiger charge is 2.20. The third kappa shape index (κ3) is 5.91. The number of aryl methyl sites for hydroxylation is 2. The number of carbonyl (C=O) groups excluding carboxylic acids is 1. The van der Waals surface area contributed by atoms with E-state index < -0.39 is 0 Å².